The predicted molar refractivity (Wildman–Crippen MR) is 98.6 cm³/mol. The van der Waals surface area contributed by atoms with E-state index in [-0.39, 0.29) is 18.1 Å². The maximum Gasteiger partial charge on any atom is 0.387 e. The molecule has 1 fully saturated rings. The number of ether oxygens (including phenoxy) is 1. The molecular weight excluding hydrogens is 357 g/mol. The van der Waals surface area contributed by atoms with Crippen LogP contribution in [0.1, 0.15) is 5.56 Å². The second kappa shape index (κ2) is 8.66. The summed E-state index contributed by atoms with van der Waals surface area (Å²) in [6, 6.07) is 12.8. The molecule has 1 aliphatic heterocycles. The van der Waals surface area contributed by atoms with Gasteiger partial charge in [-0.15, -0.1) is 0 Å². The average molecular weight is 378 g/mol. The molecule has 3 rings (SSSR count). The molecule has 27 heavy (non-hydrogen) atoms. The summed E-state index contributed by atoms with van der Waals surface area (Å²) in [6.45, 7) is 0.317. The fourth-order valence-electron chi connectivity index (χ4n) is 2.94. The Bertz CT molecular complexity index is 775. The number of piperazine rings is 1. The van der Waals surface area contributed by atoms with Crippen molar-refractivity contribution >= 4 is 11.6 Å². The number of rotatable bonds is 5. The summed E-state index contributed by atoms with van der Waals surface area (Å²) in [7, 11) is 0. The number of hydrogen-bond acceptors (Lipinski definition) is 3. The second-order valence-corrected chi connectivity index (χ2v) is 6.15. The number of hydrogen-bond donors (Lipinski definition) is 1. The van der Waals surface area contributed by atoms with Gasteiger partial charge in [0.2, 0.25) is 0 Å². The third kappa shape index (κ3) is 5.29. The van der Waals surface area contributed by atoms with Crippen molar-refractivity contribution in [1.82, 2.24) is 4.90 Å². The van der Waals surface area contributed by atoms with E-state index in [9.17, 15) is 13.2 Å². The molecule has 0 spiro atoms. The maximum atomic E-state index is 13.0. The summed E-state index contributed by atoms with van der Waals surface area (Å²) in [6.07, 6.45) is 0. The van der Waals surface area contributed by atoms with E-state index in [1.54, 1.807) is 24.3 Å². The summed E-state index contributed by atoms with van der Waals surface area (Å²) < 4.78 is 42.0. The van der Waals surface area contributed by atoms with Gasteiger partial charge in [-0.05, 0) is 42.0 Å². The Balaban J connectivity index is 1.54. The van der Waals surface area contributed by atoms with Crippen molar-refractivity contribution < 1.29 is 17.9 Å². The Kier molecular flexibility index (Phi) is 6.05. The van der Waals surface area contributed by atoms with E-state index in [2.05, 4.69) is 14.6 Å². The van der Waals surface area contributed by atoms with Crippen LogP contribution in [0.2, 0.25) is 0 Å². The van der Waals surface area contributed by atoms with Crippen LogP contribution in [0.15, 0.2) is 53.5 Å². The summed E-state index contributed by atoms with van der Waals surface area (Å²) >= 11 is 0. The van der Waals surface area contributed by atoms with Crippen molar-refractivity contribution in [3.8, 4) is 5.75 Å². The van der Waals surface area contributed by atoms with E-state index in [4.69, 9.17) is 5.73 Å². The van der Waals surface area contributed by atoms with Crippen LogP contribution in [-0.4, -0.2) is 43.6 Å². The molecule has 1 aliphatic rings. The van der Waals surface area contributed by atoms with E-state index < -0.39 is 6.61 Å². The maximum absolute atomic E-state index is 13.0. The van der Waals surface area contributed by atoms with Crippen molar-refractivity contribution in [2.75, 3.05) is 31.1 Å². The van der Waals surface area contributed by atoms with Gasteiger partial charge in [0.25, 0.3) is 0 Å². The molecule has 2 aromatic carbocycles. The molecule has 0 atom stereocenters. The lowest BCUT2D eigenvalue weighted by molar-refractivity contribution is -0.0498. The minimum atomic E-state index is -2.86. The number of anilines is 1. The fourth-order valence-corrected chi connectivity index (χ4v) is 2.94. The molecule has 144 valence electrons. The first-order valence-electron chi connectivity index (χ1n) is 8.60. The zero-order valence-corrected chi connectivity index (χ0v) is 14.7. The number of benzene rings is 2. The molecule has 0 unspecified atom stereocenters. The first kappa shape index (κ1) is 18.9. The number of nitrogens with zero attached hydrogens (tertiary/aromatic N) is 3. The van der Waals surface area contributed by atoms with Crippen molar-refractivity contribution in [3.63, 3.8) is 0 Å². The molecule has 0 aliphatic carbocycles. The van der Waals surface area contributed by atoms with Crippen LogP contribution in [0.3, 0.4) is 0 Å². The molecule has 1 heterocycles. The molecule has 8 heteroatoms. The van der Waals surface area contributed by atoms with Crippen LogP contribution in [0.4, 0.5) is 18.9 Å². The van der Waals surface area contributed by atoms with Gasteiger partial charge in [-0.2, -0.15) is 8.78 Å². The summed E-state index contributed by atoms with van der Waals surface area (Å²) in [4.78, 5) is 8.49. The average Bonchev–Trinajstić information content (AvgIpc) is 2.67. The van der Waals surface area contributed by atoms with Gasteiger partial charge in [0.05, 0.1) is 6.54 Å². The highest BCUT2D eigenvalue weighted by Gasteiger charge is 2.18. The van der Waals surface area contributed by atoms with Crippen LogP contribution < -0.4 is 15.4 Å². The first-order valence-corrected chi connectivity index (χ1v) is 8.60. The van der Waals surface area contributed by atoms with E-state index in [0.717, 1.165) is 24.3 Å². The minimum absolute atomic E-state index is 0.101. The molecule has 2 aromatic rings. The van der Waals surface area contributed by atoms with Crippen molar-refractivity contribution in [2.24, 2.45) is 10.7 Å². The molecule has 0 radical (unpaired) electrons. The Hall–Kier alpha value is -2.90. The number of halogens is 3. The second-order valence-electron chi connectivity index (χ2n) is 6.15. The molecule has 0 saturated carbocycles. The van der Waals surface area contributed by atoms with Crippen molar-refractivity contribution in [2.45, 2.75) is 13.2 Å². The standard InChI is InChI=1S/C19H21F3N4O/c20-15-4-6-16(7-5-15)25-8-10-26(11-9-25)19(23)24-13-14-2-1-3-17(12-14)27-18(21)22/h1-7,12,18H,8-11,13H2,(H2,23,24). The van der Waals surface area contributed by atoms with Crippen molar-refractivity contribution in [1.29, 1.82) is 0 Å². The SMILES string of the molecule is NC(=NCc1cccc(OC(F)F)c1)N1CCN(c2ccc(F)cc2)CC1. The third-order valence-corrected chi connectivity index (χ3v) is 4.34. The normalized spacial score (nSPS) is 15.3. The van der Waals surface area contributed by atoms with Crippen LogP contribution in [0.5, 0.6) is 5.75 Å². The minimum Gasteiger partial charge on any atom is -0.435 e. The topological polar surface area (TPSA) is 54.1 Å². The van der Waals surface area contributed by atoms with Gasteiger partial charge in [-0.3, -0.25) is 0 Å². The Labute approximate surface area is 155 Å². The van der Waals surface area contributed by atoms with E-state index in [0.29, 0.717) is 19.0 Å². The summed E-state index contributed by atoms with van der Waals surface area (Å²) in [5.74, 6) is 0.259. The lowest BCUT2D eigenvalue weighted by atomic mass is 10.2. The first-order chi connectivity index (χ1) is 13.0. The van der Waals surface area contributed by atoms with Gasteiger partial charge in [-0.25, -0.2) is 9.38 Å². The third-order valence-electron chi connectivity index (χ3n) is 4.34. The Morgan fingerprint density at radius 3 is 2.44 bits per heavy atom. The zero-order chi connectivity index (χ0) is 19.2. The molecule has 2 N–H and O–H groups in total. The number of aliphatic imine (C=N–C) groups is 1. The van der Waals surface area contributed by atoms with Gasteiger partial charge < -0.3 is 20.3 Å². The van der Waals surface area contributed by atoms with E-state index >= 15 is 0 Å². The quantitative estimate of drug-likeness (QED) is 0.642. The van der Waals surface area contributed by atoms with E-state index in [1.807, 2.05) is 4.90 Å². The molecule has 1 saturated heterocycles. The van der Waals surface area contributed by atoms with Crippen LogP contribution in [0.25, 0.3) is 0 Å². The fraction of sp³-hybridized carbons (Fsp3) is 0.316. The van der Waals surface area contributed by atoms with Gasteiger partial charge in [0.15, 0.2) is 5.96 Å². The van der Waals surface area contributed by atoms with Gasteiger partial charge in [0.1, 0.15) is 11.6 Å². The van der Waals surface area contributed by atoms with Crippen molar-refractivity contribution in [3.05, 3.63) is 59.9 Å². The van der Waals surface area contributed by atoms with Gasteiger partial charge >= 0.3 is 6.61 Å². The molecule has 0 bridgehead atoms. The lowest BCUT2D eigenvalue weighted by Crippen LogP contribution is -2.51. The van der Waals surface area contributed by atoms with Crippen LogP contribution >= 0.6 is 0 Å². The highest BCUT2D eigenvalue weighted by atomic mass is 19.3. The number of alkyl halides is 2. The molecule has 0 amide bonds. The van der Waals surface area contributed by atoms with Crippen LogP contribution in [-0.2, 0) is 6.54 Å². The molecule has 0 aromatic heterocycles. The number of nitrogens with two attached hydrogens (primary N) is 1. The Morgan fingerprint density at radius 1 is 1.07 bits per heavy atom. The largest absolute Gasteiger partial charge is 0.435 e. The Morgan fingerprint density at radius 2 is 1.78 bits per heavy atom. The lowest BCUT2D eigenvalue weighted by Gasteiger charge is -2.36. The van der Waals surface area contributed by atoms with Gasteiger partial charge in [-0.1, -0.05) is 12.1 Å². The monoisotopic (exact) mass is 378 g/mol. The molecular formula is C19H21F3N4O. The van der Waals surface area contributed by atoms with Gasteiger partial charge in [0, 0.05) is 31.9 Å². The van der Waals surface area contributed by atoms with E-state index in [1.165, 1.54) is 24.3 Å². The summed E-state index contributed by atoms with van der Waals surface area (Å²) in [5.41, 5.74) is 7.79. The molecule has 5 nitrogen and oxygen atoms in total. The number of guanidine groups is 1. The zero-order valence-electron chi connectivity index (χ0n) is 14.7. The summed E-state index contributed by atoms with van der Waals surface area (Å²) in [5, 5.41) is 0. The predicted octanol–water partition coefficient (Wildman–Crippen LogP) is 3.06. The smallest absolute Gasteiger partial charge is 0.387 e. The highest BCUT2D eigenvalue weighted by Crippen LogP contribution is 2.18. The van der Waals surface area contributed by atoms with Crippen LogP contribution in [0, 0.1) is 5.82 Å². The highest BCUT2D eigenvalue weighted by molar-refractivity contribution is 5.78.